The van der Waals surface area contributed by atoms with E-state index < -0.39 is 10.0 Å². The Labute approximate surface area is 128 Å². The molecule has 1 fully saturated rings. The van der Waals surface area contributed by atoms with Crippen LogP contribution in [0, 0.1) is 12.8 Å². The van der Waals surface area contributed by atoms with Crippen molar-refractivity contribution in [2.45, 2.75) is 44.6 Å². The number of sulfonamides is 1. The van der Waals surface area contributed by atoms with E-state index in [4.69, 9.17) is 0 Å². The minimum absolute atomic E-state index is 0.338. The summed E-state index contributed by atoms with van der Waals surface area (Å²) in [6.45, 7) is 8.43. The highest BCUT2D eigenvalue weighted by molar-refractivity contribution is 7.89. The van der Waals surface area contributed by atoms with Crippen LogP contribution in [0.3, 0.4) is 0 Å². The van der Waals surface area contributed by atoms with Crippen LogP contribution in [0.1, 0.15) is 32.3 Å². The van der Waals surface area contributed by atoms with Crippen LogP contribution < -0.4 is 5.32 Å². The number of rotatable bonds is 5. The summed E-state index contributed by atoms with van der Waals surface area (Å²) in [5.74, 6) is 0.338. The Bertz CT molecular complexity index is 554. The Morgan fingerprint density at radius 1 is 1.29 bits per heavy atom. The molecule has 1 aromatic carbocycles. The number of benzene rings is 1. The van der Waals surface area contributed by atoms with Crippen LogP contribution in [-0.2, 0) is 10.0 Å². The molecule has 0 aliphatic carbocycles. The van der Waals surface area contributed by atoms with E-state index in [1.54, 1.807) is 16.4 Å². The maximum atomic E-state index is 12.7. The van der Waals surface area contributed by atoms with Gasteiger partial charge >= 0.3 is 0 Å². The summed E-state index contributed by atoms with van der Waals surface area (Å²) in [5, 5.41) is 3.52. The molecule has 2 atom stereocenters. The van der Waals surface area contributed by atoms with Crippen molar-refractivity contribution in [1.82, 2.24) is 9.62 Å². The fourth-order valence-electron chi connectivity index (χ4n) is 2.82. The van der Waals surface area contributed by atoms with Crippen LogP contribution in [-0.4, -0.2) is 38.4 Å². The van der Waals surface area contributed by atoms with Gasteiger partial charge in [-0.3, -0.25) is 0 Å². The van der Waals surface area contributed by atoms with Crippen molar-refractivity contribution in [3.05, 3.63) is 29.8 Å². The summed E-state index contributed by atoms with van der Waals surface area (Å²) < 4.78 is 27.0. The first-order valence-corrected chi connectivity index (χ1v) is 9.19. The predicted molar refractivity (Wildman–Crippen MR) is 85.8 cm³/mol. The second-order valence-electron chi connectivity index (χ2n) is 6.00. The zero-order valence-corrected chi connectivity index (χ0v) is 14.0. The van der Waals surface area contributed by atoms with Crippen molar-refractivity contribution in [3.8, 4) is 0 Å². The van der Waals surface area contributed by atoms with Gasteiger partial charge in [-0.15, -0.1) is 0 Å². The first kappa shape index (κ1) is 16.5. The van der Waals surface area contributed by atoms with Gasteiger partial charge in [0.05, 0.1) is 4.90 Å². The normalized spacial score (nSPS) is 24.1. The highest BCUT2D eigenvalue weighted by Gasteiger charge is 2.33. The van der Waals surface area contributed by atoms with Crippen LogP contribution in [0.15, 0.2) is 29.2 Å². The molecule has 0 bridgehead atoms. The number of nitrogens with one attached hydrogen (secondary N) is 1. The quantitative estimate of drug-likeness (QED) is 0.908. The van der Waals surface area contributed by atoms with E-state index in [2.05, 4.69) is 19.2 Å². The highest BCUT2D eigenvalue weighted by atomic mass is 32.2. The van der Waals surface area contributed by atoms with Crippen molar-refractivity contribution >= 4 is 10.0 Å². The van der Waals surface area contributed by atoms with E-state index in [1.165, 1.54) is 0 Å². The largest absolute Gasteiger partial charge is 0.314 e. The fourth-order valence-corrected chi connectivity index (χ4v) is 4.37. The van der Waals surface area contributed by atoms with Crippen LogP contribution in [0.2, 0.25) is 0 Å². The van der Waals surface area contributed by atoms with Gasteiger partial charge in [-0.2, -0.15) is 4.31 Å². The number of aryl methyl sites for hydroxylation is 1. The lowest BCUT2D eigenvalue weighted by molar-refractivity contribution is 0.220. The molecule has 2 unspecified atom stereocenters. The van der Waals surface area contributed by atoms with Gasteiger partial charge < -0.3 is 5.32 Å². The smallest absolute Gasteiger partial charge is 0.243 e. The molecule has 1 heterocycles. The molecule has 0 saturated carbocycles. The zero-order valence-electron chi connectivity index (χ0n) is 13.2. The van der Waals surface area contributed by atoms with Gasteiger partial charge in [0.15, 0.2) is 0 Å². The third kappa shape index (κ3) is 3.84. The maximum absolute atomic E-state index is 12.7. The van der Waals surface area contributed by atoms with Gasteiger partial charge in [0.1, 0.15) is 0 Å². The second-order valence-corrected chi connectivity index (χ2v) is 7.94. The average Bonchev–Trinajstić information content (AvgIpc) is 2.46. The van der Waals surface area contributed by atoms with Crippen molar-refractivity contribution in [1.29, 1.82) is 0 Å². The number of nitrogens with zero attached hydrogens (tertiary/aromatic N) is 1. The summed E-state index contributed by atoms with van der Waals surface area (Å²) in [5.41, 5.74) is 1.07. The Morgan fingerprint density at radius 3 is 2.52 bits per heavy atom. The molecule has 0 amide bonds. The van der Waals surface area contributed by atoms with Crippen LogP contribution in [0.25, 0.3) is 0 Å². The lowest BCUT2D eigenvalue weighted by Gasteiger charge is -2.36. The average molecular weight is 310 g/mol. The van der Waals surface area contributed by atoms with E-state index in [9.17, 15) is 8.42 Å². The Kier molecular flexibility index (Phi) is 5.41. The molecule has 2 rings (SSSR count). The minimum atomic E-state index is -3.35. The molecule has 21 heavy (non-hydrogen) atoms. The molecule has 0 radical (unpaired) electrons. The van der Waals surface area contributed by atoms with Gasteiger partial charge in [-0.1, -0.05) is 31.5 Å². The van der Waals surface area contributed by atoms with Gasteiger partial charge in [0.25, 0.3) is 0 Å². The van der Waals surface area contributed by atoms with Crippen LogP contribution >= 0.6 is 0 Å². The van der Waals surface area contributed by atoms with Gasteiger partial charge in [0.2, 0.25) is 10.0 Å². The highest BCUT2D eigenvalue weighted by Crippen LogP contribution is 2.24. The fraction of sp³-hybridized carbons (Fsp3) is 0.625. The number of piperidine rings is 1. The lowest BCUT2D eigenvalue weighted by atomic mass is 9.95. The number of hydrogen-bond donors (Lipinski definition) is 1. The van der Waals surface area contributed by atoms with E-state index >= 15 is 0 Å². The van der Waals surface area contributed by atoms with Crippen molar-refractivity contribution in [3.63, 3.8) is 0 Å². The predicted octanol–water partition coefficient (Wildman–Crippen LogP) is 2.39. The second kappa shape index (κ2) is 6.90. The first-order valence-electron chi connectivity index (χ1n) is 7.75. The molecular weight excluding hydrogens is 284 g/mol. The topological polar surface area (TPSA) is 49.4 Å². The Morgan fingerprint density at radius 2 is 1.95 bits per heavy atom. The minimum Gasteiger partial charge on any atom is -0.314 e. The summed E-state index contributed by atoms with van der Waals surface area (Å²) in [7, 11) is -3.35. The van der Waals surface area contributed by atoms with Crippen molar-refractivity contribution < 1.29 is 8.42 Å². The Hall–Kier alpha value is -0.910. The van der Waals surface area contributed by atoms with Crippen molar-refractivity contribution in [2.75, 3.05) is 19.6 Å². The summed E-state index contributed by atoms with van der Waals surface area (Å²) >= 11 is 0. The van der Waals surface area contributed by atoms with E-state index in [0.29, 0.717) is 29.9 Å². The molecule has 1 N–H and O–H groups in total. The summed E-state index contributed by atoms with van der Waals surface area (Å²) in [6.07, 6.45) is 1.99. The molecule has 1 aliphatic heterocycles. The zero-order chi connectivity index (χ0) is 15.5. The molecule has 0 spiro atoms. The SMILES string of the molecule is CCCNC1CCN(S(=O)(=O)c2ccc(C)cc2)CC1C. The van der Waals surface area contributed by atoms with E-state index in [-0.39, 0.29) is 0 Å². The van der Waals surface area contributed by atoms with Crippen LogP contribution in [0.4, 0.5) is 0 Å². The molecule has 0 aromatic heterocycles. The lowest BCUT2D eigenvalue weighted by Crippen LogP contribution is -2.50. The van der Waals surface area contributed by atoms with Crippen molar-refractivity contribution in [2.24, 2.45) is 5.92 Å². The molecule has 4 nitrogen and oxygen atoms in total. The van der Waals surface area contributed by atoms with Gasteiger partial charge in [0, 0.05) is 19.1 Å². The van der Waals surface area contributed by atoms with E-state index in [1.807, 2.05) is 19.1 Å². The molecule has 1 aliphatic rings. The van der Waals surface area contributed by atoms with Gasteiger partial charge in [-0.25, -0.2) is 8.42 Å². The Balaban J connectivity index is 2.07. The standard InChI is InChI=1S/C16H26N2O2S/c1-4-10-17-16-9-11-18(12-14(16)3)21(19,20)15-7-5-13(2)6-8-15/h5-8,14,16-17H,4,9-12H2,1-3H3. The molecule has 1 saturated heterocycles. The summed E-state index contributed by atoms with van der Waals surface area (Å²) in [6, 6.07) is 7.54. The number of hydrogen-bond acceptors (Lipinski definition) is 3. The third-order valence-corrected chi connectivity index (χ3v) is 6.06. The third-order valence-electron chi connectivity index (χ3n) is 4.18. The van der Waals surface area contributed by atoms with Gasteiger partial charge in [-0.05, 0) is 44.4 Å². The maximum Gasteiger partial charge on any atom is 0.243 e. The molecule has 5 heteroatoms. The monoisotopic (exact) mass is 310 g/mol. The first-order chi connectivity index (χ1) is 9.95. The molecule has 118 valence electrons. The molecule has 1 aromatic rings. The summed E-state index contributed by atoms with van der Waals surface area (Å²) in [4.78, 5) is 0.403. The van der Waals surface area contributed by atoms with E-state index in [0.717, 1.165) is 24.9 Å². The van der Waals surface area contributed by atoms with Crippen LogP contribution in [0.5, 0.6) is 0 Å². The molecular formula is C16H26N2O2S.